The SMILES string of the molecule is CCN1C(=S)NC(c2ccc(OCc3cc(C)ccc3C)cc2)C2=C1CCCC2=O. The molecule has 5 heteroatoms. The van der Waals surface area contributed by atoms with Crippen LogP contribution in [-0.2, 0) is 11.4 Å². The van der Waals surface area contributed by atoms with E-state index < -0.39 is 0 Å². The third-order valence-electron chi connectivity index (χ3n) is 5.98. The smallest absolute Gasteiger partial charge is 0.173 e. The first-order chi connectivity index (χ1) is 14.5. The molecule has 0 amide bonds. The summed E-state index contributed by atoms with van der Waals surface area (Å²) in [5.41, 5.74) is 6.67. The predicted octanol–water partition coefficient (Wildman–Crippen LogP) is 5.14. The summed E-state index contributed by atoms with van der Waals surface area (Å²) in [4.78, 5) is 14.8. The van der Waals surface area contributed by atoms with Gasteiger partial charge in [0.05, 0.1) is 6.04 Å². The molecule has 2 aliphatic rings. The summed E-state index contributed by atoms with van der Waals surface area (Å²) < 4.78 is 6.02. The van der Waals surface area contributed by atoms with E-state index in [-0.39, 0.29) is 11.8 Å². The van der Waals surface area contributed by atoms with E-state index in [9.17, 15) is 4.79 Å². The van der Waals surface area contributed by atoms with Crippen molar-refractivity contribution in [2.45, 2.75) is 52.7 Å². The number of thiocarbonyl (C=S) groups is 1. The Balaban J connectivity index is 1.55. The van der Waals surface area contributed by atoms with Crippen molar-refractivity contribution in [1.29, 1.82) is 0 Å². The lowest BCUT2D eigenvalue weighted by Gasteiger charge is -2.40. The number of ketones is 1. The van der Waals surface area contributed by atoms with Crippen molar-refractivity contribution in [3.8, 4) is 5.75 Å². The molecule has 0 saturated heterocycles. The third-order valence-corrected chi connectivity index (χ3v) is 6.32. The van der Waals surface area contributed by atoms with Crippen LogP contribution in [0.2, 0.25) is 0 Å². The van der Waals surface area contributed by atoms with Crippen molar-refractivity contribution in [2.24, 2.45) is 0 Å². The topological polar surface area (TPSA) is 41.6 Å². The molecule has 1 unspecified atom stereocenters. The average Bonchev–Trinajstić information content (AvgIpc) is 2.74. The molecule has 4 nitrogen and oxygen atoms in total. The summed E-state index contributed by atoms with van der Waals surface area (Å²) in [6.07, 6.45) is 2.41. The highest BCUT2D eigenvalue weighted by atomic mass is 32.1. The van der Waals surface area contributed by atoms with Crippen LogP contribution in [0.4, 0.5) is 0 Å². The van der Waals surface area contributed by atoms with Crippen LogP contribution in [0.5, 0.6) is 5.75 Å². The van der Waals surface area contributed by atoms with E-state index in [4.69, 9.17) is 17.0 Å². The number of ether oxygens (including phenoxy) is 1. The van der Waals surface area contributed by atoms with E-state index in [1.807, 2.05) is 24.3 Å². The Morgan fingerprint density at radius 3 is 2.63 bits per heavy atom. The molecule has 4 rings (SSSR count). The van der Waals surface area contributed by atoms with E-state index in [1.165, 1.54) is 16.7 Å². The molecule has 0 bridgehead atoms. The number of carbonyl (C=O) groups is 1. The van der Waals surface area contributed by atoms with Crippen molar-refractivity contribution in [2.75, 3.05) is 6.54 Å². The zero-order chi connectivity index (χ0) is 21.3. The van der Waals surface area contributed by atoms with Crippen LogP contribution >= 0.6 is 12.2 Å². The van der Waals surface area contributed by atoms with E-state index in [0.717, 1.165) is 42.0 Å². The largest absolute Gasteiger partial charge is 0.489 e. The monoisotopic (exact) mass is 420 g/mol. The fourth-order valence-electron chi connectivity index (χ4n) is 4.31. The number of Topliss-reactive ketones (excluding diaryl/α,β-unsaturated/α-hetero) is 1. The van der Waals surface area contributed by atoms with Crippen LogP contribution in [0, 0.1) is 13.8 Å². The maximum atomic E-state index is 12.8. The predicted molar refractivity (Wildman–Crippen MR) is 123 cm³/mol. The van der Waals surface area contributed by atoms with Crippen molar-refractivity contribution in [3.05, 3.63) is 76.0 Å². The number of benzene rings is 2. The second-order valence-corrected chi connectivity index (χ2v) is 8.44. The van der Waals surface area contributed by atoms with Gasteiger partial charge in [0.2, 0.25) is 0 Å². The molecule has 1 aliphatic carbocycles. The molecule has 0 saturated carbocycles. The molecule has 1 heterocycles. The Hall–Kier alpha value is -2.66. The van der Waals surface area contributed by atoms with E-state index in [0.29, 0.717) is 18.1 Å². The molecule has 156 valence electrons. The number of hydrogen-bond acceptors (Lipinski definition) is 3. The second-order valence-electron chi connectivity index (χ2n) is 8.05. The highest BCUT2D eigenvalue weighted by molar-refractivity contribution is 7.80. The Kier molecular flexibility index (Phi) is 5.91. The van der Waals surface area contributed by atoms with Crippen molar-refractivity contribution in [3.63, 3.8) is 0 Å². The normalized spacial score (nSPS) is 18.9. The first-order valence-electron chi connectivity index (χ1n) is 10.6. The van der Waals surface area contributed by atoms with Gasteiger partial charge < -0.3 is 15.0 Å². The summed E-state index contributed by atoms with van der Waals surface area (Å²) in [6, 6.07) is 14.2. The fourth-order valence-corrected chi connectivity index (χ4v) is 4.67. The minimum absolute atomic E-state index is 0.184. The number of allylic oxidation sites excluding steroid dienone is 1. The molecule has 1 N–H and O–H groups in total. The van der Waals surface area contributed by atoms with Gasteiger partial charge in [-0.3, -0.25) is 4.79 Å². The lowest BCUT2D eigenvalue weighted by atomic mass is 9.85. The Morgan fingerprint density at radius 1 is 1.13 bits per heavy atom. The quantitative estimate of drug-likeness (QED) is 0.678. The molecule has 0 fully saturated rings. The van der Waals surface area contributed by atoms with Crippen LogP contribution in [0.3, 0.4) is 0 Å². The van der Waals surface area contributed by atoms with Crippen molar-refractivity contribution in [1.82, 2.24) is 10.2 Å². The Labute approximate surface area is 183 Å². The van der Waals surface area contributed by atoms with E-state index in [1.54, 1.807) is 0 Å². The zero-order valence-corrected chi connectivity index (χ0v) is 18.6. The number of hydrogen-bond donors (Lipinski definition) is 1. The van der Waals surface area contributed by atoms with Gasteiger partial charge in [0.1, 0.15) is 12.4 Å². The molecular formula is C25H28N2O2S. The number of nitrogens with one attached hydrogen (secondary N) is 1. The minimum atomic E-state index is -0.184. The van der Waals surface area contributed by atoms with Gasteiger partial charge in [-0.1, -0.05) is 35.9 Å². The summed E-state index contributed by atoms with van der Waals surface area (Å²) in [7, 11) is 0. The molecule has 2 aromatic rings. The van der Waals surface area contributed by atoms with Gasteiger partial charge in [-0.25, -0.2) is 0 Å². The van der Waals surface area contributed by atoms with Crippen LogP contribution in [0.15, 0.2) is 53.7 Å². The summed E-state index contributed by atoms with van der Waals surface area (Å²) in [6.45, 7) is 7.58. The van der Waals surface area contributed by atoms with E-state index >= 15 is 0 Å². The summed E-state index contributed by atoms with van der Waals surface area (Å²) in [5.74, 6) is 1.04. The fraction of sp³-hybridized carbons (Fsp3) is 0.360. The highest BCUT2D eigenvalue weighted by Crippen LogP contribution is 2.37. The maximum absolute atomic E-state index is 12.8. The maximum Gasteiger partial charge on any atom is 0.173 e. The molecule has 0 radical (unpaired) electrons. The van der Waals surface area contributed by atoms with Crippen molar-refractivity contribution < 1.29 is 9.53 Å². The van der Waals surface area contributed by atoms with Gasteiger partial charge in [-0.2, -0.15) is 0 Å². The molecule has 0 spiro atoms. The first-order valence-corrected chi connectivity index (χ1v) is 11.0. The zero-order valence-electron chi connectivity index (χ0n) is 17.8. The lowest BCUT2D eigenvalue weighted by molar-refractivity contribution is -0.116. The number of nitrogens with zero attached hydrogens (tertiary/aromatic N) is 1. The van der Waals surface area contributed by atoms with Gasteiger partial charge in [0.25, 0.3) is 0 Å². The minimum Gasteiger partial charge on any atom is -0.489 e. The van der Waals surface area contributed by atoms with Crippen molar-refractivity contribution >= 4 is 23.1 Å². The number of aryl methyl sites for hydroxylation is 2. The van der Waals surface area contributed by atoms with E-state index in [2.05, 4.69) is 49.2 Å². The second kappa shape index (κ2) is 8.60. The Morgan fingerprint density at radius 2 is 1.90 bits per heavy atom. The average molecular weight is 421 g/mol. The van der Waals surface area contributed by atoms with Crippen LogP contribution in [0.1, 0.15) is 54.5 Å². The molecule has 0 aromatic heterocycles. The van der Waals surface area contributed by atoms with Gasteiger partial charge in [-0.15, -0.1) is 0 Å². The van der Waals surface area contributed by atoms with Gasteiger partial charge >= 0.3 is 0 Å². The lowest BCUT2D eigenvalue weighted by Crippen LogP contribution is -2.49. The molecular weight excluding hydrogens is 392 g/mol. The standard InChI is InChI=1S/C25H28N2O2S/c1-4-27-21-6-5-7-22(28)23(21)24(26-25(27)30)18-10-12-20(13-11-18)29-15-19-14-16(2)8-9-17(19)3/h8-14,24H,4-7,15H2,1-3H3,(H,26,30). The Bertz CT molecular complexity index is 1010. The molecule has 2 aromatic carbocycles. The van der Waals surface area contributed by atoms with Gasteiger partial charge in [0, 0.05) is 24.2 Å². The van der Waals surface area contributed by atoms with Crippen LogP contribution in [-0.4, -0.2) is 22.3 Å². The van der Waals surface area contributed by atoms with Gasteiger partial charge in [0.15, 0.2) is 10.9 Å². The molecule has 30 heavy (non-hydrogen) atoms. The first kappa shape index (κ1) is 20.6. The summed E-state index contributed by atoms with van der Waals surface area (Å²) in [5, 5.41) is 4.09. The molecule has 1 atom stereocenters. The summed E-state index contributed by atoms with van der Waals surface area (Å²) >= 11 is 5.60. The highest BCUT2D eigenvalue weighted by Gasteiger charge is 2.36. The number of rotatable bonds is 5. The van der Waals surface area contributed by atoms with Crippen LogP contribution in [0.25, 0.3) is 0 Å². The third kappa shape index (κ3) is 3.99. The van der Waals surface area contributed by atoms with Crippen LogP contribution < -0.4 is 10.1 Å². The molecule has 1 aliphatic heterocycles. The van der Waals surface area contributed by atoms with Gasteiger partial charge in [-0.05, 0) is 74.7 Å². The number of carbonyl (C=O) groups excluding carboxylic acids is 1.